The van der Waals surface area contributed by atoms with Gasteiger partial charge in [-0.05, 0) is 56.2 Å². The quantitative estimate of drug-likeness (QED) is 0.848. The number of carbonyl (C=O) groups excluding carboxylic acids is 1. The molecule has 3 aliphatic rings. The molecule has 0 aromatic carbocycles. The summed E-state index contributed by atoms with van der Waals surface area (Å²) in [6, 6.07) is 4.06. The summed E-state index contributed by atoms with van der Waals surface area (Å²) in [5.41, 5.74) is 3.43. The van der Waals surface area contributed by atoms with Gasteiger partial charge in [0.05, 0.1) is 5.69 Å². The molecule has 3 heterocycles. The molecular formula is C21H24N4O. The van der Waals surface area contributed by atoms with Gasteiger partial charge in [0, 0.05) is 55.0 Å². The highest BCUT2D eigenvalue weighted by molar-refractivity contribution is 5.81. The molecule has 0 N–H and O–H groups in total. The van der Waals surface area contributed by atoms with E-state index in [-0.39, 0.29) is 0 Å². The first kappa shape index (κ1) is 15.9. The van der Waals surface area contributed by atoms with Gasteiger partial charge >= 0.3 is 0 Å². The van der Waals surface area contributed by atoms with E-state index in [1.165, 1.54) is 18.5 Å². The zero-order chi connectivity index (χ0) is 17.5. The van der Waals surface area contributed by atoms with E-state index >= 15 is 0 Å². The van der Waals surface area contributed by atoms with Gasteiger partial charge in [0.1, 0.15) is 5.82 Å². The smallest absolute Gasteiger partial charge is 0.225 e. The van der Waals surface area contributed by atoms with E-state index in [0.29, 0.717) is 23.7 Å². The first-order chi connectivity index (χ1) is 12.8. The number of likely N-dealkylation sites (tertiary alicyclic amines) is 1. The van der Waals surface area contributed by atoms with Gasteiger partial charge in [0.15, 0.2) is 0 Å². The van der Waals surface area contributed by atoms with Crippen molar-refractivity contribution in [3.63, 3.8) is 0 Å². The Morgan fingerprint density at radius 3 is 2.35 bits per heavy atom. The molecule has 1 aliphatic heterocycles. The SMILES string of the molecule is O=C(C1CC1)N1CCC(c2nc(C3CC3)ncc2-c2ccncc2)CC1. The number of carbonyl (C=O) groups is 1. The van der Waals surface area contributed by atoms with Crippen molar-refractivity contribution in [2.45, 2.75) is 50.4 Å². The molecule has 0 unspecified atom stereocenters. The first-order valence-corrected chi connectivity index (χ1v) is 9.85. The number of piperidine rings is 1. The van der Waals surface area contributed by atoms with Gasteiger partial charge in [-0.25, -0.2) is 9.97 Å². The highest BCUT2D eigenvalue weighted by atomic mass is 16.2. The van der Waals surface area contributed by atoms with Crippen molar-refractivity contribution < 1.29 is 4.79 Å². The summed E-state index contributed by atoms with van der Waals surface area (Å²) in [5, 5.41) is 0. The molecule has 134 valence electrons. The van der Waals surface area contributed by atoms with Crippen molar-refractivity contribution in [1.29, 1.82) is 0 Å². The number of hydrogen-bond acceptors (Lipinski definition) is 4. The zero-order valence-electron chi connectivity index (χ0n) is 15.0. The molecule has 0 spiro atoms. The lowest BCUT2D eigenvalue weighted by Crippen LogP contribution is -2.39. The Kier molecular flexibility index (Phi) is 3.95. The van der Waals surface area contributed by atoms with Crippen molar-refractivity contribution >= 4 is 5.91 Å². The molecule has 0 atom stereocenters. The van der Waals surface area contributed by atoms with Crippen LogP contribution in [-0.2, 0) is 4.79 Å². The summed E-state index contributed by atoms with van der Waals surface area (Å²) in [6.07, 6.45) is 12.2. The third-order valence-corrected chi connectivity index (χ3v) is 5.89. The summed E-state index contributed by atoms with van der Waals surface area (Å²) in [5.74, 6) is 2.66. The number of amides is 1. The van der Waals surface area contributed by atoms with Gasteiger partial charge < -0.3 is 4.90 Å². The largest absolute Gasteiger partial charge is 0.342 e. The Labute approximate surface area is 153 Å². The van der Waals surface area contributed by atoms with Crippen molar-refractivity contribution in [3.05, 3.63) is 42.2 Å². The fourth-order valence-corrected chi connectivity index (χ4v) is 3.97. The van der Waals surface area contributed by atoms with Crippen LogP contribution in [0.3, 0.4) is 0 Å². The standard InChI is InChI=1S/C21H24N4O/c26-21(17-3-4-17)25-11-7-15(8-12-25)19-18(14-5-9-22-10-6-14)13-23-20(24-19)16-1-2-16/h5-6,9-10,13,15-17H,1-4,7-8,11-12H2. The number of hydrogen-bond donors (Lipinski definition) is 0. The molecule has 1 amide bonds. The molecule has 26 heavy (non-hydrogen) atoms. The van der Waals surface area contributed by atoms with Crippen LogP contribution >= 0.6 is 0 Å². The average molecular weight is 348 g/mol. The molecule has 5 heteroatoms. The van der Waals surface area contributed by atoms with E-state index in [1.807, 2.05) is 30.7 Å². The van der Waals surface area contributed by atoms with E-state index in [1.54, 1.807) is 0 Å². The lowest BCUT2D eigenvalue weighted by Gasteiger charge is -2.32. The summed E-state index contributed by atoms with van der Waals surface area (Å²) < 4.78 is 0. The third kappa shape index (κ3) is 3.11. The number of rotatable bonds is 4. The van der Waals surface area contributed by atoms with Gasteiger partial charge in [0.25, 0.3) is 0 Å². The Morgan fingerprint density at radius 2 is 1.69 bits per heavy atom. The van der Waals surface area contributed by atoms with Crippen molar-refractivity contribution in [3.8, 4) is 11.1 Å². The zero-order valence-corrected chi connectivity index (χ0v) is 15.0. The summed E-state index contributed by atoms with van der Waals surface area (Å²) in [7, 11) is 0. The molecule has 2 aromatic rings. The molecule has 2 aromatic heterocycles. The Bertz CT molecular complexity index is 806. The average Bonchev–Trinajstić information content (AvgIpc) is 3.59. The lowest BCUT2D eigenvalue weighted by atomic mass is 9.89. The predicted octanol–water partition coefficient (Wildman–Crippen LogP) is 3.53. The monoisotopic (exact) mass is 348 g/mol. The molecular weight excluding hydrogens is 324 g/mol. The Morgan fingerprint density at radius 1 is 0.962 bits per heavy atom. The molecule has 5 nitrogen and oxygen atoms in total. The summed E-state index contributed by atoms with van der Waals surface area (Å²) in [4.78, 5) is 28.2. The Hall–Kier alpha value is -2.30. The molecule has 2 saturated carbocycles. The van der Waals surface area contributed by atoms with Gasteiger partial charge in [0.2, 0.25) is 5.91 Å². The molecule has 2 aliphatic carbocycles. The predicted molar refractivity (Wildman–Crippen MR) is 98.5 cm³/mol. The fraction of sp³-hybridized carbons (Fsp3) is 0.524. The van der Waals surface area contributed by atoms with Crippen LogP contribution in [0.25, 0.3) is 11.1 Å². The van der Waals surface area contributed by atoms with Crippen LogP contribution in [0.4, 0.5) is 0 Å². The van der Waals surface area contributed by atoms with Gasteiger partial charge in [-0.1, -0.05) is 0 Å². The minimum Gasteiger partial charge on any atom is -0.342 e. The highest BCUT2D eigenvalue weighted by Gasteiger charge is 2.36. The molecule has 0 bridgehead atoms. The van der Waals surface area contributed by atoms with E-state index < -0.39 is 0 Å². The van der Waals surface area contributed by atoms with Crippen LogP contribution in [0.1, 0.15) is 61.9 Å². The van der Waals surface area contributed by atoms with Gasteiger partial charge in [-0.3, -0.25) is 9.78 Å². The van der Waals surface area contributed by atoms with Crippen LogP contribution < -0.4 is 0 Å². The topological polar surface area (TPSA) is 59.0 Å². The maximum atomic E-state index is 12.3. The van der Waals surface area contributed by atoms with E-state index in [4.69, 9.17) is 4.98 Å². The normalized spacial score (nSPS) is 21.0. The number of pyridine rings is 1. The number of nitrogens with zero attached hydrogens (tertiary/aromatic N) is 4. The van der Waals surface area contributed by atoms with Crippen molar-refractivity contribution in [2.24, 2.45) is 5.92 Å². The molecule has 3 fully saturated rings. The summed E-state index contributed by atoms with van der Waals surface area (Å²) in [6.45, 7) is 1.72. The maximum absolute atomic E-state index is 12.3. The van der Waals surface area contributed by atoms with Crippen LogP contribution in [0, 0.1) is 5.92 Å². The fourth-order valence-electron chi connectivity index (χ4n) is 3.97. The van der Waals surface area contributed by atoms with Crippen LogP contribution in [0.5, 0.6) is 0 Å². The van der Waals surface area contributed by atoms with E-state index in [0.717, 1.165) is 55.7 Å². The minimum absolute atomic E-state index is 0.319. The molecule has 1 saturated heterocycles. The van der Waals surface area contributed by atoms with Crippen molar-refractivity contribution in [2.75, 3.05) is 13.1 Å². The van der Waals surface area contributed by atoms with Crippen LogP contribution in [0.2, 0.25) is 0 Å². The highest BCUT2D eigenvalue weighted by Crippen LogP contribution is 2.41. The lowest BCUT2D eigenvalue weighted by molar-refractivity contribution is -0.133. The minimum atomic E-state index is 0.319. The summed E-state index contributed by atoms with van der Waals surface area (Å²) >= 11 is 0. The second-order valence-corrected chi connectivity index (χ2v) is 7.91. The molecule has 5 rings (SSSR count). The van der Waals surface area contributed by atoms with Gasteiger partial charge in [-0.2, -0.15) is 0 Å². The Balaban J connectivity index is 1.41. The van der Waals surface area contributed by atoms with E-state index in [2.05, 4.69) is 14.9 Å². The third-order valence-electron chi connectivity index (χ3n) is 5.89. The van der Waals surface area contributed by atoms with Gasteiger partial charge in [-0.15, -0.1) is 0 Å². The number of aromatic nitrogens is 3. The van der Waals surface area contributed by atoms with Crippen LogP contribution in [0.15, 0.2) is 30.7 Å². The first-order valence-electron chi connectivity index (χ1n) is 9.85. The second-order valence-electron chi connectivity index (χ2n) is 7.91. The van der Waals surface area contributed by atoms with Crippen molar-refractivity contribution in [1.82, 2.24) is 19.9 Å². The van der Waals surface area contributed by atoms with E-state index in [9.17, 15) is 4.79 Å². The maximum Gasteiger partial charge on any atom is 0.225 e. The van der Waals surface area contributed by atoms with Crippen LogP contribution in [-0.4, -0.2) is 38.8 Å². The molecule has 0 radical (unpaired) electrons. The second kappa shape index (κ2) is 6.45.